The van der Waals surface area contributed by atoms with Crippen LogP contribution in [0, 0.1) is 0 Å². The van der Waals surface area contributed by atoms with Gasteiger partial charge in [0.15, 0.2) is 0 Å². The number of aliphatic hydroxyl groups excluding tert-OH is 1. The smallest absolute Gasteiger partial charge is 0.337 e. The summed E-state index contributed by atoms with van der Waals surface area (Å²) in [6.45, 7) is 0.0282. The number of aliphatic hydroxyl groups is 1. The monoisotopic (exact) mass is 447 g/mol. The summed E-state index contributed by atoms with van der Waals surface area (Å²) in [5.74, 6) is -1.32. The van der Waals surface area contributed by atoms with E-state index in [1.165, 1.54) is 25.4 Å². The standard InChI is InChI=1S/C25H21NO7/c1-31-18-11-9-16(10-12-18)22(27)20-21(15-5-7-17(8-6-15)25(30)32-2)26(24(29)23(20)28)14-19-4-3-13-33-19/h3-13,21,27H,14H2,1-2H3/t21-/m1/s1. The molecule has 0 radical (unpaired) electrons. The van der Waals surface area contributed by atoms with E-state index in [1.54, 1.807) is 60.7 Å². The second-order valence-corrected chi connectivity index (χ2v) is 7.35. The molecule has 0 aliphatic carbocycles. The van der Waals surface area contributed by atoms with E-state index in [0.717, 1.165) is 0 Å². The van der Waals surface area contributed by atoms with Crippen LogP contribution in [0.25, 0.3) is 5.76 Å². The Balaban J connectivity index is 1.82. The fourth-order valence-electron chi connectivity index (χ4n) is 3.78. The number of nitrogens with zero attached hydrogens (tertiary/aromatic N) is 1. The van der Waals surface area contributed by atoms with Gasteiger partial charge in [0.25, 0.3) is 11.7 Å². The lowest BCUT2D eigenvalue weighted by Gasteiger charge is -2.24. The van der Waals surface area contributed by atoms with Gasteiger partial charge in [-0.25, -0.2) is 4.79 Å². The summed E-state index contributed by atoms with van der Waals surface area (Å²) in [4.78, 5) is 39.2. The number of ketones is 1. The zero-order valence-corrected chi connectivity index (χ0v) is 18.0. The Bertz CT molecular complexity index is 1210. The lowest BCUT2D eigenvalue weighted by Crippen LogP contribution is -2.29. The van der Waals surface area contributed by atoms with Crippen LogP contribution in [0.5, 0.6) is 5.75 Å². The number of furan rings is 1. The lowest BCUT2D eigenvalue weighted by molar-refractivity contribution is -0.140. The highest BCUT2D eigenvalue weighted by Crippen LogP contribution is 2.40. The third-order valence-corrected chi connectivity index (χ3v) is 5.46. The van der Waals surface area contributed by atoms with Gasteiger partial charge in [0.2, 0.25) is 0 Å². The maximum atomic E-state index is 13.0. The van der Waals surface area contributed by atoms with Gasteiger partial charge in [0.05, 0.1) is 44.2 Å². The molecular weight excluding hydrogens is 426 g/mol. The van der Waals surface area contributed by atoms with E-state index in [4.69, 9.17) is 13.9 Å². The second kappa shape index (κ2) is 9.04. The van der Waals surface area contributed by atoms with E-state index in [2.05, 4.69) is 0 Å². The Hall–Kier alpha value is -4.33. The summed E-state index contributed by atoms with van der Waals surface area (Å²) < 4.78 is 15.3. The predicted molar refractivity (Wildman–Crippen MR) is 117 cm³/mol. The van der Waals surface area contributed by atoms with E-state index in [1.807, 2.05) is 0 Å². The number of likely N-dealkylation sites (tertiary alicyclic amines) is 1. The van der Waals surface area contributed by atoms with Gasteiger partial charge in [-0.2, -0.15) is 0 Å². The number of esters is 1. The SMILES string of the molecule is COC(=O)c1ccc([C@@H]2C(=C(O)c3ccc(OC)cc3)C(=O)C(=O)N2Cc2ccco2)cc1. The number of hydrogen-bond acceptors (Lipinski definition) is 7. The Labute approximate surface area is 189 Å². The largest absolute Gasteiger partial charge is 0.507 e. The first kappa shape index (κ1) is 21.9. The van der Waals surface area contributed by atoms with Crippen molar-refractivity contribution in [2.24, 2.45) is 0 Å². The minimum atomic E-state index is -0.885. The molecule has 1 fully saturated rings. The molecule has 0 spiro atoms. The van der Waals surface area contributed by atoms with Gasteiger partial charge in [-0.05, 0) is 54.1 Å². The molecule has 1 aliphatic heterocycles. The van der Waals surface area contributed by atoms with E-state index < -0.39 is 23.7 Å². The highest BCUT2D eigenvalue weighted by atomic mass is 16.5. The summed E-state index contributed by atoms with van der Waals surface area (Å²) in [7, 11) is 2.80. The molecule has 8 heteroatoms. The highest BCUT2D eigenvalue weighted by Gasteiger charge is 2.46. The van der Waals surface area contributed by atoms with Crippen LogP contribution in [0.3, 0.4) is 0 Å². The summed E-state index contributed by atoms with van der Waals surface area (Å²) in [6, 6.07) is 15.3. The van der Waals surface area contributed by atoms with Crippen molar-refractivity contribution in [1.29, 1.82) is 0 Å². The number of methoxy groups -OCH3 is 2. The van der Waals surface area contributed by atoms with Crippen molar-refractivity contribution >= 4 is 23.4 Å². The number of ether oxygens (including phenoxy) is 2. The molecule has 168 valence electrons. The van der Waals surface area contributed by atoms with Gasteiger partial charge < -0.3 is 23.9 Å². The fourth-order valence-corrected chi connectivity index (χ4v) is 3.78. The van der Waals surface area contributed by atoms with Crippen LogP contribution in [0.4, 0.5) is 0 Å². The number of rotatable bonds is 6. The Kier molecular flexibility index (Phi) is 5.99. The Morgan fingerprint density at radius 2 is 1.67 bits per heavy atom. The van der Waals surface area contributed by atoms with E-state index in [-0.39, 0.29) is 17.9 Å². The molecule has 1 N–H and O–H groups in total. The zero-order valence-electron chi connectivity index (χ0n) is 18.0. The molecule has 3 aromatic rings. The quantitative estimate of drug-likeness (QED) is 0.266. The fraction of sp³-hybridized carbons (Fsp3) is 0.160. The van der Waals surface area contributed by atoms with Crippen molar-refractivity contribution < 1.29 is 33.4 Å². The molecule has 33 heavy (non-hydrogen) atoms. The third-order valence-electron chi connectivity index (χ3n) is 5.46. The number of carbonyl (C=O) groups is 3. The van der Waals surface area contributed by atoms with Gasteiger partial charge >= 0.3 is 5.97 Å². The highest BCUT2D eigenvalue weighted by molar-refractivity contribution is 6.46. The molecule has 0 unspecified atom stereocenters. The van der Waals surface area contributed by atoms with Crippen LogP contribution in [-0.4, -0.2) is 41.9 Å². The third kappa shape index (κ3) is 4.10. The maximum Gasteiger partial charge on any atom is 0.337 e. The number of benzene rings is 2. The topological polar surface area (TPSA) is 106 Å². The van der Waals surface area contributed by atoms with Crippen molar-refractivity contribution in [2.45, 2.75) is 12.6 Å². The van der Waals surface area contributed by atoms with E-state index >= 15 is 0 Å². The van der Waals surface area contributed by atoms with Crippen LogP contribution in [0.1, 0.15) is 33.3 Å². The van der Waals surface area contributed by atoms with E-state index in [0.29, 0.717) is 28.2 Å². The number of amides is 1. The molecule has 1 aromatic heterocycles. The Morgan fingerprint density at radius 3 is 2.24 bits per heavy atom. The average Bonchev–Trinajstić information content (AvgIpc) is 3.45. The molecule has 8 nitrogen and oxygen atoms in total. The number of Topliss-reactive ketones (excluding diaryl/α,β-unsaturated/α-hetero) is 1. The molecular formula is C25H21NO7. The number of carbonyl (C=O) groups excluding carboxylic acids is 3. The Morgan fingerprint density at radius 1 is 1.00 bits per heavy atom. The molecule has 0 saturated carbocycles. The molecule has 1 atom stereocenters. The first-order valence-electron chi connectivity index (χ1n) is 10.1. The molecule has 1 amide bonds. The average molecular weight is 447 g/mol. The van der Waals surface area contributed by atoms with Crippen molar-refractivity contribution in [3.8, 4) is 5.75 Å². The van der Waals surface area contributed by atoms with Gasteiger partial charge in [-0.3, -0.25) is 9.59 Å². The first-order chi connectivity index (χ1) is 15.9. The van der Waals surface area contributed by atoms with Gasteiger partial charge in [-0.15, -0.1) is 0 Å². The minimum absolute atomic E-state index is 0.0282. The summed E-state index contributed by atoms with van der Waals surface area (Å²) in [5.41, 5.74) is 1.17. The van der Waals surface area contributed by atoms with Gasteiger partial charge in [0, 0.05) is 5.56 Å². The summed E-state index contributed by atoms with van der Waals surface area (Å²) in [5, 5.41) is 11.1. The molecule has 2 aromatic carbocycles. The van der Waals surface area contributed by atoms with Crippen LogP contribution < -0.4 is 4.74 Å². The number of hydrogen-bond donors (Lipinski definition) is 1. The molecule has 0 bridgehead atoms. The van der Waals surface area contributed by atoms with Gasteiger partial charge in [0.1, 0.15) is 17.3 Å². The first-order valence-corrected chi connectivity index (χ1v) is 10.1. The van der Waals surface area contributed by atoms with Crippen molar-refractivity contribution in [3.63, 3.8) is 0 Å². The van der Waals surface area contributed by atoms with Crippen molar-refractivity contribution in [1.82, 2.24) is 4.90 Å². The molecule has 4 rings (SSSR count). The summed E-state index contributed by atoms with van der Waals surface area (Å²) >= 11 is 0. The van der Waals surface area contributed by atoms with Crippen LogP contribution in [0.2, 0.25) is 0 Å². The second-order valence-electron chi connectivity index (χ2n) is 7.35. The maximum absolute atomic E-state index is 13.0. The van der Waals surface area contributed by atoms with Crippen LogP contribution in [0.15, 0.2) is 76.9 Å². The molecule has 2 heterocycles. The summed E-state index contributed by atoms with van der Waals surface area (Å²) in [6.07, 6.45) is 1.48. The molecule has 1 saturated heterocycles. The van der Waals surface area contributed by atoms with Crippen molar-refractivity contribution in [3.05, 3.63) is 95.0 Å². The zero-order chi connectivity index (χ0) is 23.5. The molecule has 1 aliphatic rings. The lowest BCUT2D eigenvalue weighted by atomic mass is 9.94. The van der Waals surface area contributed by atoms with Crippen LogP contribution >= 0.6 is 0 Å². The van der Waals surface area contributed by atoms with Crippen molar-refractivity contribution in [2.75, 3.05) is 14.2 Å². The van der Waals surface area contributed by atoms with Gasteiger partial charge in [-0.1, -0.05) is 12.1 Å². The minimum Gasteiger partial charge on any atom is -0.507 e. The van der Waals surface area contributed by atoms with Crippen LogP contribution in [-0.2, 0) is 20.9 Å². The predicted octanol–water partition coefficient (Wildman–Crippen LogP) is 3.70. The van der Waals surface area contributed by atoms with E-state index in [9.17, 15) is 19.5 Å². The normalized spacial score (nSPS) is 17.3.